The summed E-state index contributed by atoms with van der Waals surface area (Å²) in [7, 11) is 1.66. The quantitative estimate of drug-likeness (QED) is 0.773. The smallest absolute Gasteiger partial charge is 0.227 e. The van der Waals surface area contributed by atoms with Crippen LogP contribution in [0.1, 0.15) is 12.0 Å². The summed E-state index contributed by atoms with van der Waals surface area (Å²) in [5.74, 6) is 0.980. The van der Waals surface area contributed by atoms with Crippen molar-refractivity contribution in [2.45, 2.75) is 12.8 Å². The molecular weight excluding hydrogens is 340 g/mol. The normalized spacial score (nSPS) is 15.0. The molecule has 0 aliphatic carbocycles. The summed E-state index contributed by atoms with van der Waals surface area (Å²) >= 11 is 0. The van der Waals surface area contributed by atoms with Gasteiger partial charge >= 0.3 is 0 Å². The maximum atomic E-state index is 12.9. The molecule has 0 bridgehead atoms. The van der Waals surface area contributed by atoms with Crippen LogP contribution in [0.2, 0.25) is 0 Å². The minimum absolute atomic E-state index is 0.176. The van der Waals surface area contributed by atoms with Crippen LogP contribution in [0, 0.1) is 0 Å². The third kappa shape index (κ3) is 3.74. The van der Waals surface area contributed by atoms with E-state index in [0.29, 0.717) is 6.42 Å². The van der Waals surface area contributed by atoms with E-state index >= 15 is 0 Å². The van der Waals surface area contributed by atoms with Crippen LogP contribution in [-0.2, 0) is 11.2 Å². The largest absolute Gasteiger partial charge is 0.497 e. The number of ether oxygens (including phenoxy) is 1. The average molecular weight is 364 g/mol. The molecule has 3 heterocycles. The number of aromatic amines is 1. The number of carbonyl (C=O) groups excluding carboxylic acids is 1. The number of pyridine rings is 1. The van der Waals surface area contributed by atoms with Crippen LogP contribution < -0.4 is 9.64 Å². The highest BCUT2D eigenvalue weighted by molar-refractivity contribution is 5.89. The molecule has 1 aliphatic heterocycles. The summed E-state index contributed by atoms with van der Waals surface area (Å²) in [6.45, 7) is 3.34. The van der Waals surface area contributed by atoms with Gasteiger partial charge in [0, 0.05) is 61.4 Å². The molecular formula is C21H24N4O2. The number of nitrogens with zero attached hydrogens (tertiary/aromatic N) is 3. The van der Waals surface area contributed by atoms with E-state index in [9.17, 15) is 4.79 Å². The van der Waals surface area contributed by atoms with Crippen molar-refractivity contribution in [1.82, 2.24) is 14.9 Å². The van der Waals surface area contributed by atoms with E-state index in [-0.39, 0.29) is 5.91 Å². The lowest BCUT2D eigenvalue weighted by Gasteiger charge is -2.23. The summed E-state index contributed by atoms with van der Waals surface area (Å²) in [6, 6.07) is 9.95. The standard InChI is InChI=1S/C21H24N4O2/c1-27-18-3-4-20-19(14-18)16(15-23-20)13-21(26)25-10-2-9-24(11-12-25)17-5-7-22-8-6-17/h3-8,14-15,23H,2,9-13H2,1H3. The van der Waals surface area contributed by atoms with Gasteiger partial charge in [-0.1, -0.05) is 0 Å². The number of H-pyrrole nitrogens is 1. The SMILES string of the molecule is COc1ccc2[nH]cc(CC(=O)N3CCCN(c4ccncc4)CC3)c2c1. The third-order valence-electron chi connectivity index (χ3n) is 5.19. The summed E-state index contributed by atoms with van der Waals surface area (Å²) < 4.78 is 5.32. The fourth-order valence-electron chi connectivity index (χ4n) is 3.69. The molecule has 3 aromatic rings. The lowest BCUT2D eigenvalue weighted by atomic mass is 10.1. The van der Waals surface area contributed by atoms with Gasteiger partial charge in [-0.05, 0) is 42.3 Å². The minimum atomic E-state index is 0.176. The van der Waals surface area contributed by atoms with E-state index < -0.39 is 0 Å². The number of fused-ring (bicyclic) bond motifs is 1. The second-order valence-corrected chi connectivity index (χ2v) is 6.83. The van der Waals surface area contributed by atoms with Crippen LogP contribution in [0.15, 0.2) is 48.9 Å². The van der Waals surface area contributed by atoms with Crippen molar-refractivity contribution in [1.29, 1.82) is 0 Å². The molecule has 0 saturated carbocycles. The Balaban J connectivity index is 1.44. The number of benzene rings is 1. The van der Waals surface area contributed by atoms with Crippen LogP contribution in [0.25, 0.3) is 10.9 Å². The molecule has 27 heavy (non-hydrogen) atoms. The highest BCUT2D eigenvalue weighted by Crippen LogP contribution is 2.24. The van der Waals surface area contributed by atoms with E-state index in [1.807, 2.05) is 53.8 Å². The van der Waals surface area contributed by atoms with E-state index in [1.54, 1.807) is 7.11 Å². The molecule has 0 spiro atoms. The number of nitrogens with one attached hydrogen (secondary N) is 1. The lowest BCUT2D eigenvalue weighted by molar-refractivity contribution is -0.130. The first-order valence-electron chi connectivity index (χ1n) is 9.31. The van der Waals surface area contributed by atoms with Crippen LogP contribution in [-0.4, -0.2) is 54.1 Å². The fraction of sp³-hybridized carbons (Fsp3) is 0.333. The van der Waals surface area contributed by atoms with Gasteiger partial charge in [-0.2, -0.15) is 0 Å². The maximum absolute atomic E-state index is 12.9. The van der Waals surface area contributed by atoms with Crippen LogP contribution >= 0.6 is 0 Å². The monoisotopic (exact) mass is 364 g/mol. The Morgan fingerprint density at radius 2 is 2.00 bits per heavy atom. The molecule has 1 fully saturated rings. The van der Waals surface area contributed by atoms with Gasteiger partial charge in [0.2, 0.25) is 5.91 Å². The van der Waals surface area contributed by atoms with Gasteiger partial charge in [0.15, 0.2) is 0 Å². The molecule has 0 radical (unpaired) electrons. The molecule has 0 unspecified atom stereocenters. The Morgan fingerprint density at radius 3 is 2.81 bits per heavy atom. The Morgan fingerprint density at radius 1 is 1.15 bits per heavy atom. The van der Waals surface area contributed by atoms with Crippen molar-refractivity contribution in [3.8, 4) is 5.75 Å². The predicted octanol–water partition coefficient (Wildman–Crippen LogP) is 2.85. The number of hydrogen-bond acceptors (Lipinski definition) is 4. The van der Waals surface area contributed by atoms with Crippen molar-refractivity contribution < 1.29 is 9.53 Å². The highest BCUT2D eigenvalue weighted by atomic mass is 16.5. The first-order valence-corrected chi connectivity index (χ1v) is 9.31. The van der Waals surface area contributed by atoms with Gasteiger partial charge in [-0.3, -0.25) is 9.78 Å². The number of methoxy groups -OCH3 is 1. The number of hydrogen-bond donors (Lipinski definition) is 1. The predicted molar refractivity (Wildman–Crippen MR) is 106 cm³/mol. The molecule has 1 N–H and O–H groups in total. The van der Waals surface area contributed by atoms with Crippen LogP contribution in [0.5, 0.6) is 5.75 Å². The lowest BCUT2D eigenvalue weighted by Crippen LogP contribution is -2.36. The van der Waals surface area contributed by atoms with Gasteiger partial charge in [0.05, 0.1) is 13.5 Å². The van der Waals surface area contributed by atoms with Gasteiger partial charge in [0.1, 0.15) is 5.75 Å². The van der Waals surface area contributed by atoms with Crippen molar-refractivity contribution >= 4 is 22.5 Å². The summed E-state index contributed by atoms with van der Waals surface area (Å²) in [6.07, 6.45) is 6.93. The molecule has 2 aromatic heterocycles. The van der Waals surface area contributed by atoms with E-state index in [1.165, 1.54) is 5.69 Å². The Hall–Kier alpha value is -3.02. The average Bonchev–Trinajstić information content (AvgIpc) is 2.94. The molecule has 1 saturated heterocycles. The number of amides is 1. The van der Waals surface area contributed by atoms with E-state index in [2.05, 4.69) is 14.9 Å². The van der Waals surface area contributed by atoms with E-state index in [4.69, 9.17) is 4.74 Å². The maximum Gasteiger partial charge on any atom is 0.227 e. The van der Waals surface area contributed by atoms with Gasteiger partial charge in [-0.15, -0.1) is 0 Å². The van der Waals surface area contributed by atoms with Gasteiger partial charge < -0.3 is 19.5 Å². The number of anilines is 1. The Labute approximate surface area is 158 Å². The Bertz CT molecular complexity index is 922. The molecule has 4 rings (SSSR count). The Kier molecular flexibility index (Phi) is 4.96. The first-order chi connectivity index (χ1) is 13.2. The zero-order chi connectivity index (χ0) is 18.6. The molecule has 6 heteroatoms. The zero-order valence-corrected chi connectivity index (χ0v) is 15.5. The summed E-state index contributed by atoms with van der Waals surface area (Å²) in [4.78, 5) is 24.6. The van der Waals surface area contributed by atoms with Crippen molar-refractivity contribution in [3.05, 3.63) is 54.5 Å². The third-order valence-corrected chi connectivity index (χ3v) is 5.19. The zero-order valence-electron chi connectivity index (χ0n) is 15.5. The molecule has 1 aliphatic rings. The molecule has 6 nitrogen and oxygen atoms in total. The number of aromatic nitrogens is 2. The van der Waals surface area contributed by atoms with Crippen LogP contribution in [0.4, 0.5) is 5.69 Å². The minimum Gasteiger partial charge on any atom is -0.497 e. The second-order valence-electron chi connectivity index (χ2n) is 6.83. The van der Waals surface area contributed by atoms with Gasteiger partial charge in [0.25, 0.3) is 0 Å². The molecule has 0 atom stereocenters. The van der Waals surface area contributed by atoms with Crippen molar-refractivity contribution in [3.63, 3.8) is 0 Å². The molecule has 140 valence electrons. The van der Waals surface area contributed by atoms with Crippen molar-refractivity contribution in [2.24, 2.45) is 0 Å². The summed E-state index contributed by atoms with van der Waals surface area (Å²) in [5, 5.41) is 1.05. The number of carbonyl (C=O) groups is 1. The van der Waals surface area contributed by atoms with Crippen molar-refractivity contribution in [2.75, 3.05) is 38.2 Å². The second kappa shape index (κ2) is 7.70. The van der Waals surface area contributed by atoms with Crippen LogP contribution in [0.3, 0.4) is 0 Å². The fourth-order valence-corrected chi connectivity index (χ4v) is 3.69. The summed E-state index contributed by atoms with van der Waals surface area (Å²) in [5.41, 5.74) is 3.21. The van der Waals surface area contributed by atoms with E-state index in [0.717, 1.165) is 54.8 Å². The number of rotatable bonds is 4. The van der Waals surface area contributed by atoms with Gasteiger partial charge in [-0.25, -0.2) is 0 Å². The molecule has 1 amide bonds. The highest BCUT2D eigenvalue weighted by Gasteiger charge is 2.20. The molecule has 1 aromatic carbocycles. The topological polar surface area (TPSA) is 61.5 Å². The first kappa shape index (κ1) is 17.4.